The second kappa shape index (κ2) is 5.87. The van der Waals surface area contributed by atoms with Crippen LogP contribution >= 0.6 is 0 Å². The lowest BCUT2D eigenvalue weighted by molar-refractivity contribution is -0.132. The van der Waals surface area contributed by atoms with Gasteiger partial charge in [0.05, 0.1) is 24.8 Å². The highest BCUT2D eigenvalue weighted by molar-refractivity contribution is 5.87. The summed E-state index contributed by atoms with van der Waals surface area (Å²) < 4.78 is 2.04. The molecule has 0 spiro atoms. The van der Waals surface area contributed by atoms with E-state index in [0.29, 0.717) is 19.0 Å². The minimum absolute atomic E-state index is 0.0382. The molecular formula is C15H22N4O2. The zero-order valence-electron chi connectivity index (χ0n) is 12.4. The van der Waals surface area contributed by atoms with Crippen molar-refractivity contribution in [3.05, 3.63) is 18.0 Å². The molecule has 1 N–H and O–H groups in total. The smallest absolute Gasteiger partial charge is 0.242 e. The van der Waals surface area contributed by atoms with Crippen LogP contribution in [0.3, 0.4) is 0 Å². The summed E-state index contributed by atoms with van der Waals surface area (Å²) in [5, 5.41) is 7.26. The Morgan fingerprint density at radius 3 is 2.86 bits per heavy atom. The summed E-state index contributed by atoms with van der Waals surface area (Å²) in [5.41, 5.74) is 0.899. The highest BCUT2D eigenvalue weighted by Crippen LogP contribution is 2.28. The molecule has 21 heavy (non-hydrogen) atoms. The van der Waals surface area contributed by atoms with Crippen molar-refractivity contribution in [2.75, 3.05) is 6.54 Å². The third-order valence-corrected chi connectivity index (χ3v) is 4.46. The third kappa shape index (κ3) is 3.09. The number of amides is 2. The Balaban J connectivity index is 1.69. The fourth-order valence-corrected chi connectivity index (χ4v) is 3.22. The zero-order valence-corrected chi connectivity index (χ0v) is 12.4. The second-order valence-corrected chi connectivity index (χ2v) is 6.08. The second-order valence-electron chi connectivity index (χ2n) is 6.08. The van der Waals surface area contributed by atoms with Gasteiger partial charge in [0.15, 0.2) is 0 Å². The van der Waals surface area contributed by atoms with E-state index in [1.807, 2.05) is 23.9 Å². The quantitative estimate of drug-likeness (QED) is 0.910. The molecule has 0 radical (unpaired) electrons. The van der Waals surface area contributed by atoms with Gasteiger partial charge in [0.1, 0.15) is 0 Å². The molecule has 1 saturated heterocycles. The maximum Gasteiger partial charge on any atom is 0.242 e. The van der Waals surface area contributed by atoms with Gasteiger partial charge in [-0.3, -0.25) is 14.3 Å². The first-order valence-corrected chi connectivity index (χ1v) is 7.73. The minimum atomic E-state index is -0.0865. The van der Waals surface area contributed by atoms with Crippen LogP contribution in [0.15, 0.2) is 12.3 Å². The van der Waals surface area contributed by atoms with E-state index in [9.17, 15) is 9.59 Å². The van der Waals surface area contributed by atoms with Gasteiger partial charge in [-0.1, -0.05) is 12.8 Å². The standard InChI is InChI=1S/C15H22N4O2/c1-11-8-14(20)16-9-15(21)18(11)10-12-6-7-19(17-12)13-4-2-3-5-13/h6-7,11,13H,2-5,8-10H2,1H3,(H,16,20). The van der Waals surface area contributed by atoms with Gasteiger partial charge in [-0.25, -0.2) is 0 Å². The molecule has 1 unspecified atom stereocenters. The first-order valence-electron chi connectivity index (χ1n) is 7.73. The van der Waals surface area contributed by atoms with Crippen LogP contribution < -0.4 is 5.32 Å². The number of carbonyl (C=O) groups excluding carboxylic acids is 2. The Hall–Kier alpha value is -1.85. The monoisotopic (exact) mass is 290 g/mol. The summed E-state index contributed by atoms with van der Waals surface area (Å²) in [5.74, 6) is -0.0985. The van der Waals surface area contributed by atoms with E-state index in [2.05, 4.69) is 10.4 Å². The van der Waals surface area contributed by atoms with Gasteiger partial charge in [-0.15, -0.1) is 0 Å². The number of nitrogens with one attached hydrogen (secondary N) is 1. The summed E-state index contributed by atoms with van der Waals surface area (Å²) in [7, 11) is 0. The van der Waals surface area contributed by atoms with Crippen molar-refractivity contribution in [3.63, 3.8) is 0 Å². The molecule has 2 heterocycles. The molecule has 2 amide bonds. The van der Waals surface area contributed by atoms with Gasteiger partial charge in [0.2, 0.25) is 11.8 Å². The fourth-order valence-electron chi connectivity index (χ4n) is 3.22. The Bertz CT molecular complexity index is 534. The first-order chi connectivity index (χ1) is 10.1. The van der Waals surface area contributed by atoms with E-state index in [1.165, 1.54) is 25.7 Å². The maximum atomic E-state index is 12.1. The average molecular weight is 290 g/mol. The molecule has 2 aliphatic rings. The van der Waals surface area contributed by atoms with Crippen molar-refractivity contribution in [2.24, 2.45) is 0 Å². The highest BCUT2D eigenvalue weighted by Gasteiger charge is 2.27. The first kappa shape index (κ1) is 14.1. The van der Waals surface area contributed by atoms with Gasteiger partial charge in [-0.05, 0) is 25.8 Å². The van der Waals surface area contributed by atoms with Crippen molar-refractivity contribution in [1.82, 2.24) is 20.0 Å². The molecule has 6 nitrogen and oxygen atoms in total. The van der Waals surface area contributed by atoms with Gasteiger partial charge in [0, 0.05) is 18.7 Å². The summed E-state index contributed by atoms with van der Waals surface area (Å²) in [6, 6.07) is 2.41. The number of hydrogen-bond acceptors (Lipinski definition) is 3. The van der Waals surface area contributed by atoms with Crippen LogP contribution in [-0.2, 0) is 16.1 Å². The molecule has 1 aliphatic carbocycles. The molecule has 1 saturated carbocycles. The van der Waals surface area contributed by atoms with Crippen molar-refractivity contribution in [3.8, 4) is 0 Å². The van der Waals surface area contributed by atoms with Crippen LogP contribution in [0.2, 0.25) is 0 Å². The molecule has 1 atom stereocenters. The Kier molecular flexibility index (Phi) is 3.94. The predicted octanol–water partition coefficient (Wildman–Crippen LogP) is 1.24. The van der Waals surface area contributed by atoms with Crippen molar-refractivity contribution < 1.29 is 9.59 Å². The molecule has 114 valence electrons. The zero-order chi connectivity index (χ0) is 14.8. The largest absolute Gasteiger partial charge is 0.347 e. The summed E-state index contributed by atoms with van der Waals surface area (Å²) in [4.78, 5) is 25.4. The lowest BCUT2D eigenvalue weighted by atomic mass is 10.2. The maximum absolute atomic E-state index is 12.1. The van der Waals surface area contributed by atoms with E-state index in [-0.39, 0.29) is 24.4 Å². The number of aromatic nitrogens is 2. The topological polar surface area (TPSA) is 67.2 Å². The van der Waals surface area contributed by atoms with Crippen molar-refractivity contribution in [2.45, 2.75) is 57.7 Å². The lowest BCUT2D eigenvalue weighted by Crippen LogP contribution is -2.39. The van der Waals surface area contributed by atoms with Gasteiger partial charge in [-0.2, -0.15) is 5.10 Å². The van der Waals surface area contributed by atoms with Crippen molar-refractivity contribution >= 4 is 11.8 Å². The van der Waals surface area contributed by atoms with Crippen LogP contribution in [0.4, 0.5) is 0 Å². The third-order valence-electron chi connectivity index (χ3n) is 4.46. The van der Waals surface area contributed by atoms with E-state index < -0.39 is 0 Å². The predicted molar refractivity (Wildman–Crippen MR) is 77.4 cm³/mol. The number of rotatable bonds is 3. The molecule has 1 aromatic rings. The fraction of sp³-hybridized carbons (Fsp3) is 0.667. The van der Waals surface area contributed by atoms with Crippen LogP contribution in [0.25, 0.3) is 0 Å². The molecule has 0 aromatic carbocycles. The van der Waals surface area contributed by atoms with E-state index >= 15 is 0 Å². The van der Waals surface area contributed by atoms with Crippen molar-refractivity contribution in [1.29, 1.82) is 0 Å². The number of nitrogens with zero attached hydrogens (tertiary/aromatic N) is 3. The summed E-state index contributed by atoms with van der Waals surface area (Å²) >= 11 is 0. The number of hydrogen-bond donors (Lipinski definition) is 1. The van der Waals surface area contributed by atoms with E-state index in [1.54, 1.807) is 4.90 Å². The molecular weight excluding hydrogens is 268 g/mol. The van der Waals surface area contributed by atoms with Crippen LogP contribution in [0.1, 0.15) is 50.8 Å². The average Bonchev–Trinajstić information content (AvgIpc) is 3.10. The Morgan fingerprint density at radius 1 is 1.33 bits per heavy atom. The minimum Gasteiger partial charge on any atom is -0.347 e. The summed E-state index contributed by atoms with van der Waals surface area (Å²) in [6.45, 7) is 2.48. The van der Waals surface area contributed by atoms with Gasteiger partial charge in [0.25, 0.3) is 0 Å². The highest BCUT2D eigenvalue weighted by atomic mass is 16.2. The Labute approximate surface area is 124 Å². The molecule has 0 bridgehead atoms. The molecule has 2 fully saturated rings. The van der Waals surface area contributed by atoms with Gasteiger partial charge < -0.3 is 10.2 Å². The number of carbonyl (C=O) groups is 2. The van der Waals surface area contributed by atoms with Crippen LogP contribution in [-0.4, -0.2) is 39.1 Å². The SMILES string of the molecule is CC1CC(=O)NCC(=O)N1Cc1ccn(C2CCCC2)n1. The molecule has 3 rings (SSSR count). The molecule has 1 aliphatic heterocycles. The van der Waals surface area contributed by atoms with Crippen LogP contribution in [0, 0.1) is 0 Å². The van der Waals surface area contributed by atoms with Gasteiger partial charge >= 0.3 is 0 Å². The molecule has 6 heteroatoms. The Morgan fingerprint density at radius 2 is 2.10 bits per heavy atom. The summed E-state index contributed by atoms with van der Waals surface area (Å²) in [6.07, 6.45) is 7.30. The normalized spacial score (nSPS) is 24.2. The lowest BCUT2D eigenvalue weighted by Gasteiger charge is -2.25. The van der Waals surface area contributed by atoms with E-state index in [0.717, 1.165) is 5.69 Å². The van der Waals surface area contributed by atoms with Crippen LogP contribution in [0.5, 0.6) is 0 Å². The van der Waals surface area contributed by atoms with E-state index in [4.69, 9.17) is 0 Å². The molecule has 1 aromatic heterocycles.